The Morgan fingerprint density at radius 1 is 1.30 bits per heavy atom. The Hall–Kier alpha value is -1.75. The Kier molecular flexibility index (Phi) is 3.65. The Morgan fingerprint density at radius 2 is 1.95 bits per heavy atom. The molecule has 0 unspecified atom stereocenters. The lowest BCUT2D eigenvalue weighted by Gasteiger charge is -2.22. The van der Waals surface area contributed by atoms with Crippen LogP contribution in [0, 0.1) is 0 Å². The van der Waals surface area contributed by atoms with Crippen molar-refractivity contribution in [2.75, 3.05) is 18.6 Å². The smallest absolute Gasteiger partial charge is 0.332 e. The minimum atomic E-state index is -0.859. The summed E-state index contributed by atoms with van der Waals surface area (Å²) in [4.78, 5) is 27.1. The van der Waals surface area contributed by atoms with Crippen molar-refractivity contribution in [2.45, 2.75) is 26.3 Å². The van der Waals surface area contributed by atoms with Gasteiger partial charge in [0.25, 0.3) is 5.91 Å². The van der Waals surface area contributed by atoms with Gasteiger partial charge in [-0.3, -0.25) is 4.79 Å². The van der Waals surface area contributed by atoms with Gasteiger partial charge in [-0.1, -0.05) is 11.6 Å². The number of nitrogens with zero attached hydrogens (tertiary/aromatic N) is 2. The van der Waals surface area contributed by atoms with Crippen molar-refractivity contribution in [1.29, 1.82) is 0 Å². The monoisotopic (exact) mass is 296 g/mol. The standard InChI is InChI=1S/C14H17ClN2O3/c1-5-20-11-7-6-9(8-10(11)15)17-12(18)14(2,3)16(4)13(17)19/h6-8H,5H2,1-4H3. The quantitative estimate of drug-likeness (QED) is 0.806. The molecule has 0 radical (unpaired) electrons. The number of benzene rings is 1. The molecule has 20 heavy (non-hydrogen) atoms. The first-order valence-corrected chi connectivity index (χ1v) is 6.73. The zero-order valence-corrected chi connectivity index (χ0v) is 12.7. The predicted octanol–water partition coefficient (Wildman–Crippen LogP) is 2.92. The number of ether oxygens (including phenoxy) is 1. The summed E-state index contributed by atoms with van der Waals surface area (Å²) in [5.74, 6) is 0.259. The van der Waals surface area contributed by atoms with E-state index in [4.69, 9.17) is 16.3 Å². The zero-order valence-electron chi connectivity index (χ0n) is 11.9. The van der Waals surface area contributed by atoms with E-state index in [1.807, 2.05) is 6.92 Å². The van der Waals surface area contributed by atoms with Gasteiger partial charge < -0.3 is 9.64 Å². The maximum absolute atomic E-state index is 12.4. The van der Waals surface area contributed by atoms with Crippen LogP contribution in [0.3, 0.4) is 0 Å². The van der Waals surface area contributed by atoms with Gasteiger partial charge in [-0.25, -0.2) is 9.69 Å². The van der Waals surface area contributed by atoms with E-state index >= 15 is 0 Å². The predicted molar refractivity (Wildman–Crippen MR) is 77.3 cm³/mol. The molecule has 0 N–H and O–H groups in total. The highest BCUT2D eigenvalue weighted by molar-refractivity contribution is 6.33. The topological polar surface area (TPSA) is 49.9 Å². The van der Waals surface area contributed by atoms with Crippen molar-refractivity contribution in [2.24, 2.45) is 0 Å². The van der Waals surface area contributed by atoms with Crippen LogP contribution in [-0.2, 0) is 4.79 Å². The van der Waals surface area contributed by atoms with Crippen LogP contribution in [0.2, 0.25) is 5.02 Å². The number of carbonyl (C=O) groups is 2. The van der Waals surface area contributed by atoms with Crippen LogP contribution in [0.25, 0.3) is 0 Å². The van der Waals surface area contributed by atoms with Crippen molar-refractivity contribution in [3.05, 3.63) is 23.2 Å². The van der Waals surface area contributed by atoms with Crippen molar-refractivity contribution in [1.82, 2.24) is 4.90 Å². The van der Waals surface area contributed by atoms with Gasteiger partial charge in [-0.2, -0.15) is 0 Å². The van der Waals surface area contributed by atoms with Gasteiger partial charge in [0.05, 0.1) is 17.3 Å². The SMILES string of the molecule is CCOc1ccc(N2C(=O)N(C)C(C)(C)C2=O)cc1Cl. The Bertz CT molecular complexity index is 572. The lowest BCUT2D eigenvalue weighted by Crippen LogP contribution is -2.41. The number of urea groups is 1. The van der Waals surface area contributed by atoms with E-state index in [2.05, 4.69) is 0 Å². The van der Waals surface area contributed by atoms with Gasteiger partial charge in [0.15, 0.2) is 0 Å². The Morgan fingerprint density at radius 3 is 2.40 bits per heavy atom. The normalized spacial score (nSPS) is 17.9. The van der Waals surface area contributed by atoms with E-state index in [1.54, 1.807) is 39.1 Å². The molecule has 1 fully saturated rings. The van der Waals surface area contributed by atoms with Crippen LogP contribution in [0.5, 0.6) is 5.75 Å². The second kappa shape index (κ2) is 4.98. The van der Waals surface area contributed by atoms with Crippen LogP contribution in [-0.4, -0.2) is 36.0 Å². The van der Waals surface area contributed by atoms with Crippen LogP contribution >= 0.6 is 11.6 Å². The molecular formula is C14H17ClN2O3. The lowest BCUT2D eigenvalue weighted by atomic mass is 10.0. The number of hydrogen-bond donors (Lipinski definition) is 0. The molecule has 0 bridgehead atoms. The summed E-state index contributed by atoms with van der Waals surface area (Å²) in [6.45, 7) is 5.78. The highest BCUT2D eigenvalue weighted by atomic mass is 35.5. The first-order valence-electron chi connectivity index (χ1n) is 6.35. The van der Waals surface area contributed by atoms with E-state index in [1.165, 1.54) is 4.90 Å². The molecule has 0 saturated carbocycles. The van der Waals surface area contributed by atoms with Gasteiger partial charge in [-0.15, -0.1) is 0 Å². The van der Waals surface area contributed by atoms with Crippen LogP contribution in [0.15, 0.2) is 18.2 Å². The molecule has 0 aliphatic carbocycles. The molecule has 1 heterocycles. The molecule has 0 spiro atoms. The Labute approximate surface area is 123 Å². The van der Waals surface area contributed by atoms with E-state index in [0.29, 0.717) is 23.1 Å². The van der Waals surface area contributed by atoms with Gasteiger partial charge in [0.1, 0.15) is 11.3 Å². The number of likely N-dealkylation sites (N-methyl/N-ethyl adjacent to an activating group) is 1. The number of rotatable bonds is 3. The summed E-state index contributed by atoms with van der Waals surface area (Å²) in [7, 11) is 1.61. The second-order valence-corrected chi connectivity index (χ2v) is 5.50. The maximum atomic E-state index is 12.4. The summed E-state index contributed by atoms with van der Waals surface area (Å²) < 4.78 is 5.34. The summed E-state index contributed by atoms with van der Waals surface area (Å²) in [6.07, 6.45) is 0. The first-order chi connectivity index (χ1) is 9.30. The molecule has 5 nitrogen and oxygen atoms in total. The summed E-state index contributed by atoms with van der Waals surface area (Å²) >= 11 is 6.10. The molecule has 2 rings (SSSR count). The molecule has 0 aromatic heterocycles. The molecule has 1 saturated heterocycles. The third kappa shape index (κ3) is 2.12. The largest absolute Gasteiger partial charge is 0.492 e. The van der Waals surface area contributed by atoms with Crippen LogP contribution in [0.1, 0.15) is 20.8 Å². The van der Waals surface area contributed by atoms with Crippen molar-refractivity contribution in [3.8, 4) is 5.75 Å². The minimum Gasteiger partial charge on any atom is -0.492 e. The minimum absolute atomic E-state index is 0.273. The van der Waals surface area contributed by atoms with Gasteiger partial charge >= 0.3 is 6.03 Å². The van der Waals surface area contributed by atoms with E-state index in [-0.39, 0.29) is 11.9 Å². The van der Waals surface area contributed by atoms with Crippen molar-refractivity contribution >= 4 is 29.2 Å². The molecular weight excluding hydrogens is 280 g/mol. The fraction of sp³-hybridized carbons (Fsp3) is 0.429. The molecule has 0 atom stereocenters. The van der Waals surface area contributed by atoms with Gasteiger partial charge in [0, 0.05) is 7.05 Å². The van der Waals surface area contributed by atoms with Crippen LogP contribution in [0.4, 0.5) is 10.5 Å². The molecule has 1 aromatic rings. The number of halogens is 1. The number of hydrogen-bond acceptors (Lipinski definition) is 3. The zero-order chi connectivity index (χ0) is 15.1. The maximum Gasteiger partial charge on any atom is 0.332 e. The van der Waals surface area contributed by atoms with Gasteiger partial charge in [-0.05, 0) is 39.0 Å². The highest BCUT2D eigenvalue weighted by Gasteiger charge is 2.49. The molecule has 1 aliphatic heterocycles. The molecule has 1 aliphatic rings. The summed E-state index contributed by atoms with van der Waals surface area (Å²) in [5, 5.41) is 0.373. The van der Waals surface area contributed by atoms with E-state index in [9.17, 15) is 9.59 Å². The highest BCUT2D eigenvalue weighted by Crippen LogP contribution is 2.34. The average Bonchev–Trinajstić information content (AvgIpc) is 2.54. The molecule has 3 amide bonds. The average molecular weight is 297 g/mol. The third-order valence-corrected chi connectivity index (χ3v) is 3.81. The van der Waals surface area contributed by atoms with Gasteiger partial charge in [0.2, 0.25) is 0 Å². The van der Waals surface area contributed by atoms with Crippen LogP contribution < -0.4 is 9.64 Å². The fourth-order valence-corrected chi connectivity index (χ4v) is 2.25. The molecule has 1 aromatic carbocycles. The van der Waals surface area contributed by atoms with E-state index < -0.39 is 5.54 Å². The van der Waals surface area contributed by atoms with Crippen molar-refractivity contribution < 1.29 is 14.3 Å². The Balaban J connectivity index is 2.40. The molecule has 108 valence electrons. The van der Waals surface area contributed by atoms with Crippen molar-refractivity contribution in [3.63, 3.8) is 0 Å². The fourth-order valence-electron chi connectivity index (χ4n) is 2.02. The number of anilines is 1. The number of imide groups is 1. The number of carbonyl (C=O) groups excluding carboxylic acids is 2. The third-order valence-electron chi connectivity index (χ3n) is 3.52. The second-order valence-electron chi connectivity index (χ2n) is 5.09. The summed E-state index contributed by atoms with van der Waals surface area (Å²) in [5.41, 5.74) is -0.409. The first kappa shape index (κ1) is 14.7. The number of amides is 3. The lowest BCUT2D eigenvalue weighted by molar-refractivity contribution is -0.123. The molecule has 6 heteroatoms. The summed E-state index contributed by atoms with van der Waals surface area (Å²) in [6, 6.07) is 4.52. The van der Waals surface area contributed by atoms with E-state index in [0.717, 1.165) is 4.90 Å².